The zero-order valence-electron chi connectivity index (χ0n) is 5.93. The Morgan fingerprint density at radius 3 is 2.22 bits per heavy atom. The summed E-state index contributed by atoms with van der Waals surface area (Å²) in [4.78, 5) is 0.287. The van der Waals surface area contributed by atoms with Gasteiger partial charge in [0.2, 0.25) is 0 Å². The van der Waals surface area contributed by atoms with Crippen molar-refractivity contribution in [2.24, 2.45) is 0 Å². The average molecular weight is 130 g/mol. The summed E-state index contributed by atoms with van der Waals surface area (Å²) in [5.74, 6) is 0. The van der Waals surface area contributed by atoms with E-state index in [1.807, 2.05) is 13.8 Å². The van der Waals surface area contributed by atoms with E-state index >= 15 is 0 Å². The Bertz CT molecular complexity index is 143. The van der Waals surface area contributed by atoms with Gasteiger partial charge in [0.1, 0.15) is 0 Å². The Balaban J connectivity index is 0.000000291. The van der Waals surface area contributed by atoms with Gasteiger partial charge >= 0.3 is 0 Å². The van der Waals surface area contributed by atoms with Crippen LogP contribution in [0.15, 0.2) is 12.3 Å². The Morgan fingerprint density at radius 1 is 1.56 bits per heavy atom. The molecule has 0 aliphatic heterocycles. The first kappa shape index (κ1) is 8.14. The van der Waals surface area contributed by atoms with Crippen LogP contribution in [0.25, 0.3) is 0 Å². The van der Waals surface area contributed by atoms with Crippen molar-refractivity contribution < 1.29 is 4.48 Å². The van der Waals surface area contributed by atoms with Crippen LogP contribution >= 0.6 is 0 Å². The molecule has 1 aromatic rings. The molecule has 0 aromatic carbocycles. The maximum Gasteiger partial charge on any atom is 0.0622 e. The summed E-state index contributed by atoms with van der Waals surface area (Å²) >= 11 is 0. The lowest BCUT2D eigenvalue weighted by Crippen LogP contribution is -1.79. The first-order valence-electron chi connectivity index (χ1n) is 2.97. The molecule has 2 nitrogen and oxygen atoms in total. The summed E-state index contributed by atoms with van der Waals surface area (Å²) in [5.41, 5.74) is 0.697. The number of nitrogens with zero attached hydrogens (tertiary/aromatic N) is 2. The van der Waals surface area contributed by atoms with Crippen molar-refractivity contribution in [3.8, 4) is 0 Å². The van der Waals surface area contributed by atoms with Gasteiger partial charge in [-0.25, -0.2) is 0 Å². The molecule has 0 aliphatic carbocycles. The van der Waals surface area contributed by atoms with Crippen LogP contribution in [-0.4, -0.2) is 10.0 Å². The predicted octanol–water partition coefficient (Wildman–Crippen LogP) is 1.95. The van der Waals surface area contributed by atoms with Crippen LogP contribution in [0.5, 0.6) is 0 Å². The van der Waals surface area contributed by atoms with Crippen LogP contribution < -0.4 is 0 Å². The van der Waals surface area contributed by atoms with Crippen molar-refractivity contribution >= 4 is 0 Å². The Kier molecular flexibility index (Phi) is 3.67. The Hall–Kier alpha value is -0.860. The number of rotatable bonds is 0. The molecule has 1 aromatic heterocycles. The Morgan fingerprint density at radius 2 is 2.11 bits per heavy atom. The summed E-state index contributed by atoms with van der Waals surface area (Å²) < 4.78 is 11.7. The molecular formula is C6H11FN2. The fourth-order valence-corrected chi connectivity index (χ4v) is 0.387. The second-order valence-electron chi connectivity index (χ2n) is 1.35. The van der Waals surface area contributed by atoms with E-state index in [0.717, 1.165) is 0 Å². The van der Waals surface area contributed by atoms with E-state index in [2.05, 4.69) is 5.10 Å². The van der Waals surface area contributed by atoms with Gasteiger partial charge in [-0.3, -0.25) is 0 Å². The van der Waals surface area contributed by atoms with Gasteiger partial charge in [0, 0.05) is 0 Å². The van der Waals surface area contributed by atoms with Crippen LogP contribution in [0.1, 0.15) is 19.5 Å². The number of hydrogen-bond donors (Lipinski definition) is 0. The van der Waals surface area contributed by atoms with E-state index < -0.39 is 0 Å². The molecule has 1 rings (SSSR count). The third-order valence-corrected chi connectivity index (χ3v) is 0.692. The molecule has 0 unspecified atom stereocenters. The molecule has 3 heteroatoms. The van der Waals surface area contributed by atoms with E-state index in [-0.39, 0.29) is 4.90 Å². The molecule has 0 aliphatic rings. The van der Waals surface area contributed by atoms with Gasteiger partial charge in [-0.15, -0.1) is 10.0 Å². The van der Waals surface area contributed by atoms with Gasteiger partial charge in [0.15, 0.2) is 0 Å². The second-order valence-corrected chi connectivity index (χ2v) is 1.35. The topological polar surface area (TPSA) is 17.8 Å². The van der Waals surface area contributed by atoms with Crippen LogP contribution in [0.2, 0.25) is 0 Å². The summed E-state index contributed by atoms with van der Waals surface area (Å²) in [6.45, 7) is 5.73. The monoisotopic (exact) mass is 130 g/mol. The lowest BCUT2D eigenvalue weighted by Gasteiger charge is -1.73. The number of hydrogen-bond acceptors (Lipinski definition) is 1. The maximum absolute atomic E-state index is 11.7. The van der Waals surface area contributed by atoms with Gasteiger partial charge < -0.3 is 0 Å². The minimum Gasteiger partial charge on any atom is -0.148 e. The van der Waals surface area contributed by atoms with Gasteiger partial charge in [-0.2, -0.15) is 0 Å². The summed E-state index contributed by atoms with van der Waals surface area (Å²) in [6.07, 6.45) is 1.26. The lowest BCUT2D eigenvalue weighted by molar-refractivity contribution is 0.315. The van der Waals surface area contributed by atoms with E-state index in [0.29, 0.717) is 5.69 Å². The smallest absolute Gasteiger partial charge is 0.0622 e. The minimum atomic E-state index is 0.287. The molecule has 0 amide bonds. The lowest BCUT2D eigenvalue weighted by atomic mass is 10.5. The fraction of sp³-hybridized carbons (Fsp3) is 0.500. The van der Waals surface area contributed by atoms with Crippen molar-refractivity contribution in [3.63, 3.8) is 0 Å². The number of aromatic nitrogens is 2. The largest absolute Gasteiger partial charge is 0.148 e. The van der Waals surface area contributed by atoms with Crippen molar-refractivity contribution in [2.45, 2.75) is 20.8 Å². The molecule has 0 N–H and O–H groups in total. The highest BCUT2D eigenvalue weighted by molar-refractivity contribution is 4.93. The highest BCUT2D eigenvalue weighted by Gasteiger charge is 1.85. The van der Waals surface area contributed by atoms with Crippen molar-refractivity contribution in [2.75, 3.05) is 0 Å². The zero-order chi connectivity index (χ0) is 7.28. The van der Waals surface area contributed by atoms with Gasteiger partial charge in [0.25, 0.3) is 0 Å². The average Bonchev–Trinajstić information content (AvgIpc) is 2.20. The Labute approximate surface area is 54.2 Å². The van der Waals surface area contributed by atoms with Crippen LogP contribution in [0.4, 0.5) is 4.48 Å². The fourth-order valence-electron chi connectivity index (χ4n) is 0.387. The summed E-state index contributed by atoms with van der Waals surface area (Å²) in [6, 6.07) is 1.60. The molecule has 52 valence electrons. The predicted molar refractivity (Wildman–Crippen MR) is 34.8 cm³/mol. The first-order valence-corrected chi connectivity index (χ1v) is 2.97. The third kappa shape index (κ3) is 2.85. The molecule has 0 spiro atoms. The van der Waals surface area contributed by atoms with Crippen LogP contribution in [0, 0.1) is 6.92 Å². The highest BCUT2D eigenvalue weighted by atomic mass is 19.2. The van der Waals surface area contributed by atoms with E-state index in [1.165, 1.54) is 6.20 Å². The molecule has 0 saturated carbocycles. The van der Waals surface area contributed by atoms with Gasteiger partial charge in [0.05, 0.1) is 11.9 Å². The van der Waals surface area contributed by atoms with Gasteiger partial charge in [-0.05, 0) is 13.0 Å². The molecule has 1 heterocycles. The first-order chi connectivity index (χ1) is 4.29. The van der Waals surface area contributed by atoms with E-state index in [9.17, 15) is 4.48 Å². The van der Waals surface area contributed by atoms with E-state index in [1.54, 1.807) is 13.0 Å². The standard InChI is InChI=1S/C4H5FN2.C2H6/c1-4-2-3-7(5)6-4;1-2/h2-3H,1H3;1-2H3. The maximum atomic E-state index is 11.7. The molecule has 0 fully saturated rings. The zero-order valence-corrected chi connectivity index (χ0v) is 5.93. The quantitative estimate of drug-likeness (QED) is 0.524. The SMILES string of the molecule is CC.Cc1ccn(F)n1. The molecule has 0 saturated heterocycles. The van der Waals surface area contributed by atoms with Crippen molar-refractivity contribution in [1.82, 2.24) is 10.0 Å². The van der Waals surface area contributed by atoms with Crippen LogP contribution in [0.3, 0.4) is 0 Å². The van der Waals surface area contributed by atoms with E-state index in [4.69, 9.17) is 0 Å². The molecule has 0 atom stereocenters. The summed E-state index contributed by atoms with van der Waals surface area (Å²) in [5, 5.41) is 3.36. The van der Waals surface area contributed by atoms with Crippen molar-refractivity contribution in [1.29, 1.82) is 0 Å². The number of aryl methyl sites for hydroxylation is 1. The normalized spacial score (nSPS) is 8.00. The van der Waals surface area contributed by atoms with Crippen molar-refractivity contribution in [3.05, 3.63) is 18.0 Å². The third-order valence-electron chi connectivity index (χ3n) is 0.692. The second kappa shape index (κ2) is 4.06. The number of halogens is 1. The molecule has 0 bridgehead atoms. The van der Waals surface area contributed by atoms with Crippen LogP contribution in [-0.2, 0) is 0 Å². The summed E-state index contributed by atoms with van der Waals surface area (Å²) in [7, 11) is 0. The van der Waals surface area contributed by atoms with Gasteiger partial charge in [-0.1, -0.05) is 18.3 Å². The molecule has 0 radical (unpaired) electrons. The molecular weight excluding hydrogens is 119 g/mol. The molecule has 9 heavy (non-hydrogen) atoms. The minimum absolute atomic E-state index is 0.287. The highest BCUT2D eigenvalue weighted by Crippen LogP contribution is 1.89.